The average Bonchev–Trinajstić information content (AvgIpc) is 2.18. The molecule has 3 nitrogen and oxygen atoms in total. The van der Waals surface area contributed by atoms with Crippen LogP contribution in [0.4, 0.5) is 17.1 Å². The summed E-state index contributed by atoms with van der Waals surface area (Å²) in [5, 5.41) is 3.38. The Labute approximate surface area is 98.2 Å². The molecule has 1 rings (SSSR count). The van der Waals surface area contributed by atoms with Gasteiger partial charge in [0.2, 0.25) is 0 Å². The van der Waals surface area contributed by atoms with Gasteiger partial charge >= 0.3 is 0 Å². The number of anilines is 3. The van der Waals surface area contributed by atoms with Crippen molar-refractivity contribution in [1.29, 1.82) is 0 Å². The predicted octanol–water partition coefficient (Wildman–Crippen LogP) is 2.95. The van der Waals surface area contributed by atoms with Gasteiger partial charge in [-0.3, -0.25) is 0 Å². The summed E-state index contributed by atoms with van der Waals surface area (Å²) in [6.07, 6.45) is 0. The molecule has 1 aromatic rings. The largest absolute Gasteiger partial charge is 0.397 e. The smallest absolute Gasteiger partial charge is 0.0568 e. The van der Waals surface area contributed by atoms with Crippen molar-refractivity contribution in [2.24, 2.45) is 11.3 Å². The van der Waals surface area contributed by atoms with E-state index in [4.69, 9.17) is 11.5 Å². The molecule has 0 saturated carbocycles. The summed E-state index contributed by atoms with van der Waals surface area (Å²) >= 11 is 0. The first-order valence-electron chi connectivity index (χ1n) is 5.69. The van der Waals surface area contributed by atoms with Crippen molar-refractivity contribution in [3.63, 3.8) is 0 Å². The van der Waals surface area contributed by atoms with Gasteiger partial charge in [0.15, 0.2) is 0 Å². The van der Waals surface area contributed by atoms with Gasteiger partial charge in [-0.2, -0.15) is 0 Å². The topological polar surface area (TPSA) is 64.1 Å². The summed E-state index contributed by atoms with van der Waals surface area (Å²) in [5.74, 6) is 0.589. The lowest BCUT2D eigenvalue weighted by Crippen LogP contribution is -2.24. The van der Waals surface area contributed by atoms with Gasteiger partial charge in [-0.05, 0) is 29.5 Å². The summed E-state index contributed by atoms with van der Waals surface area (Å²) in [7, 11) is 0. The number of nitrogens with two attached hydrogens (primary N) is 2. The molecule has 0 amide bonds. The second-order valence-corrected chi connectivity index (χ2v) is 5.49. The quantitative estimate of drug-likeness (QED) is 0.688. The third-order valence-corrected chi connectivity index (χ3v) is 3.18. The maximum absolute atomic E-state index is 5.75. The van der Waals surface area contributed by atoms with Crippen LogP contribution in [-0.4, -0.2) is 6.54 Å². The second kappa shape index (κ2) is 4.64. The Kier molecular flexibility index (Phi) is 3.68. The fraction of sp³-hybridized carbons (Fsp3) is 0.538. The molecule has 0 radical (unpaired) electrons. The molecule has 1 atom stereocenters. The van der Waals surface area contributed by atoms with Crippen LogP contribution in [0.25, 0.3) is 0 Å². The van der Waals surface area contributed by atoms with Crippen molar-refractivity contribution < 1.29 is 0 Å². The van der Waals surface area contributed by atoms with Crippen LogP contribution in [0.2, 0.25) is 0 Å². The van der Waals surface area contributed by atoms with Crippen molar-refractivity contribution in [1.82, 2.24) is 0 Å². The molecule has 0 aliphatic carbocycles. The standard InChI is InChI=1S/C13H23N3/c1-9(13(2,3)4)8-16-10-5-6-11(14)12(15)7-10/h5-7,9,16H,8,14-15H2,1-4H3. The summed E-state index contributed by atoms with van der Waals surface area (Å²) in [4.78, 5) is 0. The molecule has 5 N–H and O–H groups in total. The Morgan fingerprint density at radius 1 is 1.19 bits per heavy atom. The zero-order valence-corrected chi connectivity index (χ0v) is 10.7. The van der Waals surface area contributed by atoms with Gasteiger partial charge in [0.1, 0.15) is 0 Å². The Balaban J connectivity index is 2.58. The minimum Gasteiger partial charge on any atom is -0.397 e. The van der Waals surface area contributed by atoms with Crippen LogP contribution in [0, 0.1) is 11.3 Å². The number of rotatable bonds is 3. The highest BCUT2D eigenvalue weighted by molar-refractivity contribution is 5.69. The van der Waals surface area contributed by atoms with Crippen LogP contribution < -0.4 is 16.8 Å². The molecule has 0 heterocycles. The Hall–Kier alpha value is -1.38. The molecule has 0 aromatic heterocycles. The lowest BCUT2D eigenvalue weighted by atomic mass is 9.82. The SMILES string of the molecule is CC(CNc1ccc(N)c(N)c1)C(C)(C)C. The molecule has 0 aliphatic rings. The van der Waals surface area contributed by atoms with E-state index in [9.17, 15) is 0 Å². The van der Waals surface area contributed by atoms with E-state index in [-0.39, 0.29) is 0 Å². The van der Waals surface area contributed by atoms with Crippen LogP contribution in [0.3, 0.4) is 0 Å². The number of hydrogen-bond acceptors (Lipinski definition) is 3. The summed E-state index contributed by atoms with van der Waals surface area (Å²) in [6, 6.07) is 5.67. The van der Waals surface area contributed by atoms with E-state index in [0.29, 0.717) is 22.7 Å². The first kappa shape index (κ1) is 12.7. The fourth-order valence-corrected chi connectivity index (χ4v) is 1.26. The third-order valence-electron chi connectivity index (χ3n) is 3.18. The lowest BCUT2D eigenvalue weighted by Gasteiger charge is -2.27. The molecular formula is C13H23N3. The molecule has 3 heteroatoms. The van der Waals surface area contributed by atoms with E-state index in [0.717, 1.165) is 12.2 Å². The third kappa shape index (κ3) is 3.33. The van der Waals surface area contributed by atoms with Crippen molar-refractivity contribution in [2.75, 3.05) is 23.3 Å². The highest BCUT2D eigenvalue weighted by Crippen LogP contribution is 2.26. The summed E-state index contributed by atoms with van der Waals surface area (Å²) in [5.41, 5.74) is 14.0. The van der Waals surface area contributed by atoms with E-state index >= 15 is 0 Å². The molecule has 0 fully saturated rings. The maximum atomic E-state index is 5.75. The van der Waals surface area contributed by atoms with Gasteiger partial charge in [0.25, 0.3) is 0 Å². The van der Waals surface area contributed by atoms with Crippen LogP contribution in [0.15, 0.2) is 18.2 Å². The van der Waals surface area contributed by atoms with Gasteiger partial charge < -0.3 is 16.8 Å². The van der Waals surface area contributed by atoms with Crippen LogP contribution in [0.1, 0.15) is 27.7 Å². The van der Waals surface area contributed by atoms with E-state index in [2.05, 4.69) is 33.0 Å². The van der Waals surface area contributed by atoms with E-state index in [1.807, 2.05) is 18.2 Å². The minimum absolute atomic E-state index is 0.312. The number of benzene rings is 1. The predicted molar refractivity (Wildman–Crippen MR) is 72.4 cm³/mol. The fourth-order valence-electron chi connectivity index (χ4n) is 1.26. The molecular weight excluding hydrogens is 198 g/mol. The molecule has 0 spiro atoms. The second-order valence-electron chi connectivity index (χ2n) is 5.49. The Morgan fingerprint density at radius 3 is 2.31 bits per heavy atom. The Morgan fingerprint density at radius 2 is 1.81 bits per heavy atom. The first-order valence-corrected chi connectivity index (χ1v) is 5.69. The van der Waals surface area contributed by atoms with Crippen LogP contribution in [-0.2, 0) is 0 Å². The lowest BCUT2D eigenvalue weighted by molar-refractivity contribution is 0.274. The molecule has 16 heavy (non-hydrogen) atoms. The number of nitrogens with one attached hydrogen (secondary N) is 1. The monoisotopic (exact) mass is 221 g/mol. The highest BCUT2D eigenvalue weighted by atomic mass is 14.9. The van der Waals surface area contributed by atoms with Crippen LogP contribution >= 0.6 is 0 Å². The maximum Gasteiger partial charge on any atom is 0.0568 e. The number of hydrogen-bond donors (Lipinski definition) is 3. The van der Waals surface area contributed by atoms with Crippen molar-refractivity contribution in [2.45, 2.75) is 27.7 Å². The van der Waals surface area contributed by atoms with Gasteiger partial charge in [-0.1, -0.05) is 27.7 Å². The van der Waals surface area contributed by atoms with Gasteiger partial charge in [0.05, 0.1) is 11.4 Å². The minimum atomic E-state index is 0.312. The normalized spacial score (nSPS) is 13.5. The zero-order valence-electron chi connectivity index (χ0n) is 10.7. The molecule has 0 bridgehead atoms. The molecule has 90 valence electrons. The van der Waals surface area contributed by atoms with E-state index < -0.39 is 0 Å². The van der Waals surface area contributed by atoms with Crippen molar-refractivity contribution >= 4 is 17.1 Å². The van der Waals surface area contributed by atoms with Crippen LogP contribution in [0.5, 0.6) is 0 Å². The first-order chi connectivity index (χ1) is 7.30. The van der Waals surface area contributed by atoms with E-state index in [1.165, 1.54) is 0 Å². The zero-order chi connectivity index (χ0) is 12.3. The molecule has 0 saturated heterocycles. The van der Waals surface area contributed by atoms with Crippen molar-refractivity contribution in [3.8, 4) is 0 Å². The molecule has 1 unspecified atom stereocenters. The van der Waals surface area contributed by atoms with Gasteiger partial charge in [-0.15, -0.1) is 0 Å². The number of nitrogen functional groups attached to an aromatic ring is 2. The molecule has 0 aliphatic heterocycles. The van der Waals surface area contributed by atoms with Gasteiger partial charge in [-0.25, -0.2) is 0 Å². The molecule has 1 aromatic carbocycles. The average molecular weight is 221 g/mol. The summed E-state index contributed by atoms with van der Waals surface area (Å²) < 4.78 is 0. The van der Waals surface area contributed by atoms with Crippen molar-refractivity contribution in [3.05, 3.63) is 18.2 Å². The van der Waals surface area contributed by atoms with E-state index in [1.54, 1.807) is 0 Å². The highest BCUT2D eigenvalue weighted by Gasteiger charge is 2.19. The summed E-state index contributed by atoms with van der Waals surface area (Å²) in [6.45, 7) is 9.92. The Bertz CT molecular complexity index is 353. The van der Waals surface area contributed by atoms with Gasteiger partial charge in [0, 0.05) is 12.2 Å².